The van der Waals surface area contributed by atoms with Gasteiger partial charge in [0, 0.05) is 25.7 Å². The second kappa shape index (κ2) is 4.27. The smallest absolute Gasteiger partial charge is 0.0971 e. The lowest BCUT2D eigenvalue weighted by Crippen LogP contribution is -2.54. The standard InChI is InChI=1S/C12H15N5/c13-10-7-16(8-10)9-11-6-14-17(15-11)12-4-2-1-3-5-12/h1-6,10H,7-9,13H2. The van der Waals surface area contributed by atoms with E-state index in [0.717, 1.165) is 31.0 Å². The van der Waals surface area contributed by atoms with Gasteiger partial charge in [-0.3, -0.25) is 4.90 Å². The van der Waals surface area contributed by atoms with Gasteiger partial charge < -0.3 is 5.73 Å². The van der Waals surface area contributed by atoms with Gasteiger partial charge in [0.15, 0.2) is 0 Å². The van der Waals surface area contributed by atoms with Crippen LogP contribution in [0.2, 0.25) is 0 Å². The molecule has 5 nitrogen and oxygen atoms in total. The first-order valence-corrected chi connectivity index (χ1v) is 5.76. The van der Waals surface area contributed by atoms with Crippen LogP contribution in [0.1, 0.15) is 5.69 Å². The Morgan fingerprint density at radius 2 is 2.00 bits per heavy atom. The van der Waals surface area contributed by atoms with E-state index in [1.165, 1.54) is 0 Å². The van der Waals surface area contributed by atoms with Gasteiger partial charge in [0.25, 0.3) is 0 Å². The van der Waals surface area contributed by atoms with Gasteiger partial charge in [-0.2, -0.15) is 15.0 Å². The predicted octanol–water partition coefficient (Wildman–Crippen LogP) is 0.410. The minimum atomic E-state index is 0.333. The summed E-state index contributed by atoms with van der Waals surface area (Å²) >= 11 is 0. The molecule has 0 spiro atoms. The third-order valence-electron chi connectivity index (χ3n) is 2.90. The average Bonchev–Trinajstić information content (AvgIpc) is 2.77. The third kappa shape index (κ3) is 2.20. The zero-order valence-corrected chi connectivity index (χ0v) is 9.53. The van der Waals surface area contributed by atoms with Crippen LogP contribution in [-0.4, -0.2) is 39.0 Å². The Hall–Kier alpha value is -1.72. The molecule has 1 fully saturated rings. The first kappa shape index (κ1) is 10.4. The van der Waals surface area contributed by atoms with Gasteiger partial charge >= 0.3 is 0 Å². The Morgan fingerprint density at radius 3 is 2.71 bits per heavy atom. The van der Waals surface area contributed by atoms with Crippen LogP contribution in [0.3, 0.4) is 0 Å². The topological polar surface area (TPSA) is 60.0 Å². The van der Waals surface area contributed by atoms with Crippen molar-refractivity contribution in [3.8, 4) is 5.69 Å². The SMILES string of the molecule is NC1CN(Cc2cnn(-c3ccccc3)n2)C1. The van der Waals surface area contributed by atoms with Crippen molar-refractivity contribution >= 4 is 0 Å². The number of para-hydroxylation sites is 1. The fourth-order valence-electron chi connectivity index (χ4n) is 2.02. The molecule has 0 saturated carbocycles. The van der Waals surface area contributed by atoms with E-state index in [9.17, 15) is 0 Å². The molecule has 88 valence electrons. The Labute approximate surface area is 99.8 Å². The van der Waals surface area contributed by atoms with E-state index in [1.54, 1.807) is 4.80 Å². The fourth-order valence-corrected chi connectivity index (χ4v) is 2.02. The number of nitrogens with zero attached hydrogens (tertiary/aromatic N) is 4. The molecule has 5 heteroatoms. The molecule has 17 heavy (non-hydrogen) atoms. The van der Waals surface area contributed by atoms with Crippen LogP contribution in [0.15, 0.2) is 36.5 Å². The van der Waals surface area contributed by atoms with Crippen molar-refractivity contribution in [2.24, 2.45) is 5.73 Å². The molecule has 0 unspecified atom stereocenters. The highest BCUT2D eigenvalue weighted by Crippen LogP contribution is 2.10. The largest absolute Gasteiger partial charge is 0.325 e. The minimum Gasteiger partial charge on any atom is -0.325 e. The highest BCUT2D eigenvalue weighted by molar-refractivity contribution is 5.28. The van der Waals surface area contributed by atoms with Gasteiger partial charge in [-0.1, -0.05) is 18.2 Å². The van der Waals surface area contributed by atoms with Crippen molar-refractivity contribution < 1.29 is 0 Å². The Bertz CT molecular complexity index is 487. The lowest BCUT2D eigenvalue weighted by atomic mass is 10.1. The molecule has 2 N–H and O–H groups in total. The summed E-state index contributed by atoms with van der Waals surface area (Å²) in [6.45, 7) is 2.75. The fraction of sp³-hybridized carbons (Fsp3) is 0.333. The summed E-state index contributed by atoms with van der Waals surface area (Å²) in [7, 11) is 0. The number of likely N-dealkylation sites (tertiary alicyclic amines) is 1. The molecule has 0 atom stereocenters. The van der Waals surface area contributed by atoms with E-state index >= 15 is 0 Å². The number of hydrogen-bond acceptors (Lipinski definition) is 4. The zero-order valence-electron chi connectivity index (χ0n) is 9.53. The zero-order chi connectivity index (χ0) is 11.7. The van der Waals surface area contributed by atoms with Crippen LogP contribution in [0, 0.1) is 0 Å². The molecular formula is C12H15N5. The van der Waals surface area contributed by atoms with Crippen LogP contribution >= 0.6 is 0 Å². The number of benzene rings is 1. The van der Waals surface area contributed by atoms with Gasteiger partial charge in [-0.15, -0.1) is 0 Å². The van der Waals surface area contributed by atoms with Crippen LogP contribution in [0.4, 0.5) is 0 Å². The summed E-state index contributed by atoms with van der Waals surface area (Å²) in [4.78, 5) is 3.93. The van der Waals surface area contributed by atoms with E-state index in [-0.39, 0.29) is 0 Å². The third-order valence-corrected chi connectivity index (χ3v) is 2.90. The van der Waals surface area contributed by atoms with Crippen LogP contribution in [-0.2, 0) is 6.54 Å². The maximum atomic E-state index is 5.74. The van der Waals surface area contributed by atoms with E-state index in [2.05, 4.69) is 15.1 Å². The van der Waals surface area contributed by atoms with E-state index in [1.807, 2.05) is 36.5 Å². The van der Waals surface area contributed by atoms with Crippen molar-refractivity contribution in [2.45, 2.75) is 12.6 Å². The molecule has 1 saturated heterocycles. The first-order valence-electron chi connectivity index (χ1n) is 5.76. The van der Waals surface area contributed by atoms with E-state index in [0.29, 0.717) is 6.04 Å². The molecule has 0 amide bonds. The monoisotopic (exact) mass is 229 g/mol. The van der Waals surface area contributed by atoms with Crippen molar-refractivity contribution in [3.05, 3.63) is 42.2 Å². The summed E-state index contributed by atoms with van der Waals surface area (Å²) in [5, 5.41) is 8.71. The number of rotatable bonds is 3. The molecule has 1 aromatic heterocycles. The molecule has 2 heterocycles. The summed E-state index contributed by atoms with van der Waals surface area (Å²) in [6, 6.07) is 10.3. The number of aromatic nitrogens is 3. The molecule has 3 rings (SSSR count). The lowest BCUT2D eigenvalue weighted by Gasteiger charge is -2.36. The van der Waals surface area contributed by atoms with E-state index in [4.69, 9.17) is 5.73 Å². The number of hydrogen-bond donors (Lipinski definition) is 1. The van der Waals surface area contributed by atoms with Gasteiger partial charge in [0.05, 0.1) is 17.6 Å². The van der Waals surface area contributed by atoms with Crippen LogP contribution in [0.25, 0.3) is 5.69 Å². The molecule has 0 bridgehead atoms. The Morgan fingerprint density at radius 1 is 1.24 bits per heavy atom. The molecule has 1 aromatic carbocycles. The molecule has 2 aromatic rings. The van der Waals surface area contributed by atoms with Gasteiger partial charge in [0.2, 0.25) is 0 Å². The lowest BCUT2D eigenvalue weighted by molar-refractivity contribution is 0.140. The van der Waals surface area contributed by atoms with Crippen LogP contribution in [0.5, 0.6) is 0 Å². The van der Waals surface area contributed by atoms with E-state index < -0.39 is 0 Å². The van der Waals surface area contributed by atoms with Crippen LogP contribution < -0.4 is 5.73 Å². The van der Waals surface area contributed by atoms with Gasteiger partial charge in [0.1, 0.15) is 0 Å². The first-order chi connectivity index (χ1) is 8.31. The van der Waals surface area contributed by atoms with Crippen molar-refractivity contribution in [1.82, 2.24) is 19.9 Å². The quantitative estimate of drug-likeness (QED) is 0.828. The second-order valence-electron chi connectivity index (χ2n) is 4.42. The van der Waals surface area contributed by atoms with Crippen molar-refractivity contribution in [2.75, 3.05) is 13.1 Å². The summed E-state index contributed by atoms with van der Waals surface area (Å²) in [5.41, 5.74) is 7.71. The summed E-state index contributed by atoms with van der Waals surface area (Å²) in [5.74, 6) is 0. The van der Waals surface area contributed by atoms with Crippen molar-refractivity contribution in [1.29, 1.82) is 0 Å². The minimum absolute atomic E-state index is 0.333. The average molecular weight is 229 g/mol. The summed E-state index contributed by atoms with van der Waals surface area (Å²) in [6.07, 6.45) is 1.82. The molecule has 0 radical (unpaired) electrons. The molecule has 1 aliphatic heterocycles. The Kier molecular flexibility index (Phi) is 2.62. The highest BCUT2D eigenvalue weighted by atomic mass is 15.5. The number of nitrogens with two attached hydrogens (primary N) is 1. The highest BCUT2D eigenvalue weighted by Gasteiger charge is 2.23. The summed E-state index contributed by atoms with van der Waals surface area (Å²) < 4.78 is 0. The molecule has 1 aliphatic rings. The molecule has 0 aliphatic carbocycles. The second-order valence-corrected chi connectivity index (χ2v) is 4.42. The predicted molar refractivity (Wildman–Crippen MR) is 64.6 cm³/mol. The normalized spacial score (nSPS) is 17.0. The van der Waals surface area contributed by atoms with Gasteiger partial charge in [-0.25, -0.2) is 0 Å². The maximum Gasteiger partial charge on any atom is 0.0971 e. The molecular weight excluding hydrogens is 214 g/mol. The van der Waals surface area contributed by atoms with Crippen molar-refractivity contribution in [3.63, 3.8) is 0 Å². The maximum absolute atomic E-state index is 5.74. The Balaban J connectivity index is 1.70. The van der Waals surface area contributed by atoms with Gasteiger partial charge in [-0.05, 0) is 12.1 Å².